The fourth-order valence-corrected chi connectivity index (χ4v) is 1.87. The molecule has 0 aromatic carbocycles. The van der Waals surface area contributed by atoms with Gasteiger partial charge in [-0.05, 0) is 39.2 Å². The number of hydrogen-bond donors (Lipinski definition) is 2. The zero-order valence-electron chi connectivity index (χ0n) is 12.9. The van der Waals surface area contributed by atoms with E-state index in [0.29, 0.717) is 32.0 Å². The molecule has 0 saturated carbocycles. The standard InChI is InChI=1S/C15H28N2O3/c1-5-17(11-12(2)3)14(18)10-16-9-8-13(4)6-7-15(19)20/h13,16H,2,5-11H2,1,3-4H3,(H,19,20). The molecule has 5 nitrogen and oxygen atoms in total. The van der Waals surface area contributed by atoms with E-state index in [2.05, 4.69) is 11.9 Å². The van der Waals surface area contributed by atoms with Crippen molar-refractivity contribution in [2.45, 2.75) is 40.0 Å². The number of amides is 1. The van der Waals surface area contributed by atoms with Gasteiger partial charge in [-0.3, -0.25) is 9.59 Å². The first kappa shape index (κ1) is 18.6. The molecule has 0 heterocycles. The van der Waals surface area contributed by atoms with Gasteiger partial charge in [-0.2, -0.15) is 0 Å². The van der Waals surface area contributed by atoms with Crippen molar-refractivity contribution < 1.29 is 14.7 Å². The molecule has 1 atom stereocenters. The van der Waals surface area contributed by atoms with Crippen LogP contribution in [-0.4, -0.2) is 48.1 Å². The molecule has 0 aromatic rings. The number of hydrogen-bond acceptors (Lipinski definition) is 3. The van der Waals surface area contributed by atoms with E-state index in [4.69, 9.17) is 5.11 Å². The molecule has 0 aliphatic heterocycles. The first-order valence-corrected chi connectivity index (χ1v) is 7.21. The average molecular weight is 284 g/mol. The molecule has 20 heavy (non-hydrogen) atoms. The molecular formula is C15H28N2O3. The van der Waals surface area contributed by atoms with E-state index in [9.17, 15) is 9.59 Å². The van der Waals surface area contributed by atoms with Crippen LogP contribution in [0.15, 0.2) is 12.2 Å². The predicted octanol–water partition coefficient (Wildman–Crippen LogP) is 1.89. The van der Waals surface area contributed by atoms with Crippen LogP contribution in [0.5, 0.6) is 0 Å². The van der Waals surface area contributed by atoms with Crippen molar-refractivity contribution in [2.24, 2.45) is 5.92 Å². The minimum absolute atomic E-state index is 0.0775. The predicted molar refractivity (Wildman–Crippen MR) is 80.6 cm³/mol. The van der Waals surface area contributed by atoms with Gasteiger partial charge >= 0.3 is 5.97 Å². The van der Waals surface area contributed by atoms with Crippen LogP contribution < -0.4 is 5.32 Å². The summed E-state index contributed by atoms with van der Waals surface area (Å²) in [6.07, 6.45) is 1.77. The minimum atomic E-state index is -0.752. The van der Waals surface area contributed by atoms with Crippen molar-refractivity contribution >= 4 is 11.9 Å². The third-order valence-electron chi connectivity index (χ3n) is 3.14. The zero-order valence-corrected chi connectivity index (χ0v) is 12.9. The van der Waals surface area contributed by atoms with Gasteiger partial charge < -0.3 is 15.3 Å². The first-order valence-electron chi connectivity index (χ1n) is 7.21. The summed E-state index contributed by atoms with van der Waals surface area (Å²) in [5.74, 6) is -0.321. The van der Waals surface area contributed by atoms with Crippen LogP contribution in [0.4, 0.5) is 0 Å². The molecule has 0 radical (unpaired) electrons. The van der Waals surface area contributed by atoms with Crippen molar-refractivity contribution in [1.82, 2.24) is 10.2 Å². The summed E-state index contributed by atoms with van der Waals surface area (Å²) in [7, 11) is 0. The van der Waals surface area contributed by atoms with E-state index in [-0.39, 0.29) is 12.3 Å². The molecule has 116 valence electrons. The van der Waals surface area contributed by atoms with Gasteiger partial charge in [0.1, 0.15) is 0 Å². The van der Waals surface area contributed by atoms with Gasteiger partial charge in [0.25, 0.3) is 0 Å². The van der Waals surface area contributed by atoms with Crippen molar-refractivity contribution in [3.63, 3.8) is 0 Å². The normalized spacial score (nSPS) is 11.9. The maximum atomic E-state index is 11.9. The van der Waals surface area contributed by atoms with Crippen LogP contribution in [0.25, 0.3) is 0 Å². The van der Waals surface area contributed by atoms with E-state index in [1.54, 1.807) is 4.90 Å². The first-order chi connectivity index (χ1) is 9.36. The lowest BCUT2D eigenvalue weighted by atomic mass is 10.0. The largest absolute Gasteiger partial charge is 0.481 e. The highest BCUT2D eigenvalue weighted by atomic mass is 16.4. The van der Waals surface area contributed by atoms with Crippen molar-refractivity contribution in [3.8, 4) is 0 Å². The molecule has 0 aliphatic carbocycles. The highest BCUT2D eigenvalue weighted by Gasteiger charge is 2.11. The molecule has 0 fully saturated rings. The smallest absolute Gasteiger partial charge is 0.303 e. The lowest BCUT2D eigenvalue weighted by molar-refractivity contribution is -0.137. The van der Waals surface area contributed by atoms with Crippen LogP contribution in [0.1, 0.15) is 40.0 Å². The second-order valence-electron chi connectivity index (χ2n) is 5.37. The molecular weight excluding hydrogens is 256 g/mol. The second-order valence-corrected chi connectivity index (χ2v) is 5.37. The molecule has 0 bridgehead atoms. The fourth-order valence-electron chi connectivity index (χ4n) is 1.87. The van der Waals surface area contributed by atoms with Gasteiger partial charge in [-0.1, -0.05) is 19.1 Å². The second kappa shape index (κ2) is 10.4. The number of likely N-dealkylation sites (N-methyl/N-ethyl adjacent to an activating group) is 1. The monoisotopic (exact) mass is 284 g/mol. The lowest BCUT2D eigenvalue weighted by Crippen LogP contribution is -2.39. The molecule has 1 unspecified atom stereocenters. The Morgan fingerprint density at radius 3 is 2.50 bits per heavy atom. The SMILES string of the molecule is C=C(C)CN(CC)C(=O)CNCCC(C)CCC(=O)O. The van der Waals surface area contributed by atoms with Gasteiger partial charge in [0.05, 0.1) is 6.54 Å². The number of carbonyl (C=O) groups excluding carboxylic acids is 1. The van der Waals surface area contributed by atoms with Crippen LogP contribution in [-0.2, 0) is 9.59 Å². The Balaban J connectivity index is 3.79. The summed E-state index contributed by atoms with van der Waals surface area (Å²) in [6, 6.07) is 0. The summed E-state index contributed by atoms with van der Waals surface area (Å²) in [4.78, 5) is 24.1. The highest BCUT2D eigenvalue weighted by molar-refractivity contribution is 5.78. The number of nitrogens with zero attached hydrogens (tertiary/aromatic N) is 1. The lowest BCUT2D eigenvalue weighted by Gasteiger charge is -2.21. The summed E-state index contributed by atoms with van der Waals surface area (Å²) in [5.41, 5.74) is 0.975. The van der Waals surface area contributed by atoms with Crippen LogP contribution in [0.2, 0.25) is 0 Å². The van der Waals surface area contributed by atoms with E-state index >= 15 is 0 Å². The summed E-state index contributed by atoms with van der Waals surface area (Å²) >= 11 is 0. The third kappa shape index (κ3) is 9.55. The molecule has 2 N–H and O–H groups in total. The fraction of sp³-hybridized carbons (Fsp3) is 0.733. The highest BCUT2D eigenvalue weighted by Crippen LogP contribution is 2.09. The van der Waals surface area contributed by atoms with Crippen molar-refractivity contribution in [2.75, 3.05) is 26.2 Å². The Bertz CT molecular complexity index is 329. The number of aliphatic carboxylic acids is 1. The summed E-state index contributed by atoms with van der Waals surface area (Å²) in [5, 5.41) is 11.7. The minimum Gasteiger partial charge on any atom is -0.481 e. The van der Waals surface area contributed by atoms with Gasteiger partial charge in [-0.25, -0.2) is 0 Å². The van der Waals surface area contributed by atoms with E-state index in [1.807, 2.05) is 20.8 Å². The molecule has 0 aliphatic rings. The van der Waals surface area contributed by atoms with Gasteiger partial charge in [-0.15, -0.1) is 0 Å². The van der Waals surface area contributed by atoms with Crippen molar-refractivity contribution in [1.29, 1.82) is 0 Å². The van der Waals surface area contributed by atoms with Gasteiger partial charge in [0.15, 0.2) is 0 Å². The number of rotatable bonds is 11. The number of carboxylic acids is 1. The summed E-state index contributed by atoms with van der Waals surface area (Å²) < 4.78 is 0. The Labute approximate surface area is 122 Å². The Kier molecular flexibility index (Phi) is 9.72. The van der Waals surface area contributed by atoms with Crippen LogP contribution >= 0.6 is 0 Å². The molecule has 0 aromatic heterocycles. The van der Waals surface area contributed by atoms with E-state index in [0.717, 1.165) is 18.5 Å². The molecule has 0 spiro atoms. The average Bonchev–Trinajstić information content (AvgIpc) is 2.37. The topological polar surface area (TPSA) is 69.6 Å². The van der Waals surface area contributed by atoms with Crippen LogP contribution in [0, 0.1) is 5.92 Å². The number of carbonyl (C=O) groups is 2. The maximum Gasteiger partial charge on any atom is 0.303 e. The number of carboxylic acid groups (broad SMARTS) is 1. The molecule has 5 heteroatoms. The van der Waals surface area contributed by atoms with Crippen LogP contribution in [0.3, 0.4) is 0 Å². The summed E-state index contributed by atoms with van der Waals surface area (Å²) in [6.45, 7) is 12.1. The quantitative estimate of drug-likeness (QED) is 0.449. The maximum absolute atomic E-state index is 11.9. The number of nitrogens with one attached hydrogen (secondary N) is 1. The van der Waals surface area contributed by atoms with Crippen molar-refractivity contribution in [3.05, 3.63) is 12.2 Å². The Morgan fingerprint density at radius 1 is 1.35 bits per heavy atom. The van der Waals surface area contributed by atoms with E-state index < -0.39 is 5.97 Å². The third-order valence-corrected chi connectivity index (χ3v) is 3.14. The Hall–Kier alpha value is -1.36. The van der Waals surface area contributed by atoms with Gasteiger partial charge in [0, 0.05) is 19.5 Å². The van der Waals surface area contributed by atoms with E-state index in [1.165, 1.54) is 0 Å². The molecule has 0 rings (SSSR count). The Morgan fingerprint density at radius 2 is 2.00 bits per heavy atom. The molecule has 1 amide bonds. The van der Waals surface area contributed by atoms with Gasteiger partial charge in [0.2, 0.25) is 5.91 Å². The molecule has 0 saturated heterocycles. The zero-order chi connectivity index (χ0) is 15.5.